The summed E-state index contributed by atoms with van der Waals surface area (Å²) in [7, 11) is 0. The van der Waals surface area contributed by atoms with Crippen LogP contribution in [0.5, 0.6) is 5.75 Å². The van der Waals surface area contributed by atoms with E-state index in [2.05, 4.69) is 0 Å². The average Bonchev–Trinajstić information content (AvgIpc) is 3.26. The van der Waals surface area contributed by atoms with E-state index in [0.717, 1.165) is 28.5 Å². The molecule has 5 heteroatoms. The lowest BCUT2D eigenvalue weighted by atomic mass is 9.98. The highest BCUT2D eigenvalue weighted by Crippen LogP contribution is 2.32. The Kier molecular flexibility index (Phi) is 6.63. The van der Waals surface area contributed by atoms with Gasteiger partial charge in [0.2, 0.25) is 0 Å². The molecule has 1 aromatic heterocycles. The minimum Gasteiger partial charge on any atom is -0.479 e. The minimum atomic E-state index is -0.759. The SMILES string of the molecule is Cc1ccccc1-c1cc(=O)oc2cc(O[C@H](C)C(=O)OC(C)CC3CCCC3)ccc12. The number of carbonyl (C=O) groups is 1. The molecule has 1 unspecified atom stereocenters. The Bertz CT molecular complexity index is 1160. The van der Waals surface area contributed by atoms with Crippen molar-refractivity contribution in [3.05, 3.63) is 64.5 Å². The van der Waals surface area contributed by atoms with E-state index in [9.17, 15) is 9.59 Å². The number of esters is 1. The zero-order valence-electron chi connectivity index (χ0n) is 18.9. The third kappa shape index (κ3) is 5.04. The van der Waals surface area contributed by atoms with Crippen LogP contribution >= 0.6 is 0 Å². The molecule has 4 rings (SSSR count). The van der Waals surface area contributed by atoms with Gasteiger partial charge in [-0.25, -0.2) is 9.59 Å². The molecule has 1 heterocycles. The van der Waals surface area contributed by atoms with Crippen LogP contribution in [0.3, 0.4) is 0 Å². The van der Waals surface area contributed by atoms with Crippen LogP contribution in [0, 0.1) is 12.8 Å². The van der Waals surface area contributed by atoms with Gasteiger partial charge in [0.25, 0.3) is 0 Å². The summed E-state index contributed by atoms with van der Waals surface area (Å²) >= 11 is 0. The van der Waals surface area contributed by atoms with Gasteiger partial charge in [-0.3, -0.25) is 0 Å². The van der Waals surface area contributed by atoms with Crippen molar-refractivity contribution in [3.63, 3.8) is 0 Å². The summed E-state index contributed by atoms with van der Waals surface area (Å²) in [5.41, 5.74) is 2.86. The van der Waals surface area contributed by atoms with Gasteiger partial charge < -0.3 is 13.9 Å². The zero-order chi connectivity index (χ0) is 22.7. The number of fused-ring (bicyclic) bond motifs is 1. The molecule has 0 spiro atoms. The van der Waals surface area contributed by atoms with Gasteiger partial charge in [0.15, 0.2) is 6.10 Å². The van der Waals surface area contributed by atoms with E-state index >= 15 is 0 Å². The fourth-order valence-corrected chi connectivity index (χ4v) is 4.62. The smallest absolute Gasteiger partial charge is 0.347 e. The van der Waals surface area contributed by atoms with E-state index in [0.29, 0.717) is 17.3 Å². The number of hydrogen-bond donors (Lipinski definition) is 0. The second-order valence-corrected chi connectivity index (χ2v) is 8.85. The monoisotopic (exact) mass is 434 g/mol. The maximum Gasteiger partial charge on any atom is 0.347 e. The Morgan fingerprint density at radius 3 is 2.56 bits per heavy atom. The van der Waals surface area contributed by atoms with Crippen LogP contribution in [0.25, 0.3) is 22.1 Å². The third-order valence-electron chi connectivity index (χ3n) is 6.25. The molecule has 2 atom stereocenters. The lowest BCUT2D eigenvalue weighted by Gasteiger charge is -2.20. The van der Waals surface area contributed by atoms with Crippen LogP contribution in [-0.2, 0) is 9.53 Å². The van der Waals surface area contributed by atoms with Crippen LogP contribution in [0.2, 0.25) is 0 Å². The second-order valence-electron chi connectivity index (χ2n) is 8.85. The molecule has 32 heavy (non-hydrogen) atoms. The molecule has 0 saturated heterocycles. The highest BCUT2D eigenvalue weighted by Gasteiger charge is 2.23. The standard InChI is InChI=1S/C27H30O5/c1-17-8-4-7-11-22(17)24-16-26(28)32-25-15-21(12-13-23(24)25)31-19(3)27(29)30-18(2)14-20-9-5-6-10-20/h4,7-8,11-13,15-16,18-20H,5-6,9-10,14H2,1-3H3/t18?,19-/m1/s1. The molecule has 1 fully saturated rings. The quantitative estimate of drug-likeness (QED) is 0.335. The molecule has 2 aromatic carbocycles. The van der Waals surface area contributed by atoms with Crippen LogP contribution in [0.4, 0.5) is 0 Å². The predicted octanol–water partition coefficient (Wildman–Crippen LogP) is 6.05. The first-order valence-electron chi connectivity index (χ1n) is 11.4. The number of aryl methyl sites for hydroxylation is 1. The molecule has 0 bridgehead atoms. The Hall–Kier alpha value is -3.08. The molecule has 0 amide bonds. The van der Waals surface area contributed by atoms with Gasteiger partial charge >= 0.3 is 11.6 Å². The summed E-state index contributed by atoms with van der Waals surface area (Å²) in [6, 6.07) is 14.7. The summed E-state index contributed by atoms with van der Waals surface area (Å²) in [4.78, 5) is 24.7. The first kappa shape index (κ1) is 22.1. The van der Waals surface area contributed by atoms with E-state index in [1.807, 2.05) is 44.2 Å². The third-order valence-corrected chi connectivity index (χ3v) is 6.25. The van der Waals surface area contributed by atoms with Gasteiger partial charge in [-0.05, 0) is 56.4 Å². The van der Waals surface area contributed by atoms with Gasteiger partial charge in [-0.15, -0.1) is 0 Å². The Morgan fingerprint density at radius 2 is 1.81 bits per heavy atom. The molecule has 0 N–H and O–H groups in total. The Labute approximate surface area is 188 Å². The van der Waals surface area contributed by atoms with E-state index in [1.165, 1.54) is 31.7 Å². The summed E-state index contributed by atoms with van der Waals surface area (Å²) in [6.07, 6.45) is 5.01. The number of benzene rings is 2. The second kappa shape index (κ2) is 9.60. The van der Waals surface area contributed by atoms with Crippen LogP contribution in [0.1, 0.15) is 51.5 Å². The molecule has 5 nitrogen and oxygen atoms in total. The van der Waals surface area contributed by atoms with Crippen molar-refractivity contribution < 1.29 is 18.7 Å². The van der Waals surface area contributed by atoms with E-state index in [4.69, 9.17) is 13.9 Å². The van der Waals surface area contributed by atoms with Gasteiger partial charge in [0, 0.05) is 23.1 Å². The number of rotatable bonds is 7. The minimum absolute atomic E-state index is 0.122. The lowest BCUT2D eigenvalue weighted by Crippen LogP contribution is -2.29. The van der Waals surface area contributed by atoms with E-state index in [-0.39, 0.29) is 12.1 Å². The number of carbonyl (C=O) groups excluding carboxylic acids is 1. The highest BCUT2D eigenvalue weighted by molar-refractivity contribution is 5.94. The van der Waals surface area contributed by atoms with Gasteiger partial charge in [0.1, 0.15) is 11.3 Å². The Balaban J connectivity index is 1.49. The van der Waals surface area contributed by atoms with Crippen molar-refractivity contribution >= 4 is 16.9 Å². The van der Waals surface area contributed by atoms with Crippen molar-refractivity contribution in [3.8, 4) is 16.9 Å². The predicted molar refractivity (Wildman–Crippen MR) is 125 cm³/mol. The Morgan fingerprint density at radius 1 is 1.06 bits per heavy atom. The first-order valence-corrected chi connectivity index (χ1v) is 11.4. The van der Waals surface area contributed by atoms with Crippen molar-refractivity contribution in [2.45, 2.75) is 65.1 Å². The van der Waals surface area contributed by atoms with Crippen molar-refractivity contribution in [2.75, 3.05) is 0 Å². The molecule has 1 saturated carbocycles. The van der Waals surface area contributed by atoms with Crippen LogP contribution in [0.15, 0.2) is 57.7 Å². The molecular formula is C27H30O5. The topological polar surface area (TPSA) is 65.7 Å². The maximum atomic E-state index is 12.5. The highest BCUT2D eigenvalue weighted by atomic mass is 16.6. The van der Waals surface area contributed by atoms with Gasteiger partial charge in [-0.2, -0.15) is 0 Å². The molecule has 1 aliphatic carbocycles. The van der Waals surface area contributed by atoms with Crippen LogP contribution < -0.4 is 10.4 Å². The van der Waals surface area contributed by atoms with Crippen molar-refractivity contribution in [1.82, 2.24) is 0 Å². The van der Waals surface area contributed by atoms with E-state index < -0.39 is 11.7 Å². The number of ether oxygens (including phenoxy) is 2. The molecule has 0 aliphatic heterocycles. The molecular weight excluding hydrogens is 404 g/mol. The fraction of sp³-hybridized carbons (Fsp3) is 0.407. The number of hydrogen-bond acceptors (Lipinski definition) is 5. The average molecular weight is 435 g/mol. The molecule has 168 valence electrons. The molecule has 1 aliphatic rings. The van der Waals surface area contributed by atoms with Crippen molar-refractivity contribution in [1.29, 1.82) is 0 Å². The van der Waals surface area contributed by atoms with Crippen LogP contribution in [-0.4, -0.2) is 18.2 Å². The normalized spacial score (nSPS) is 16.1. The first-order chi connectivity index (χ1) is 15.4. The lowest BCUT2D eigenvalue weighted by molar-refractivity contribution is -0.156. The summed E-state index contributed by atoms with van der Waals surface area (Å²) < 4.78 is 16.9. The largest absolute Gasteiger partial charge is 0.479 e. The van der Waals surface area contributed by atoms with Crippen molar-refractivity contribution in [2.24, 2.45) is 5.92 Å². The van der Waals surface area contributed by atoms with E-state index in [1.54, 1.807) is 19.1 Å². The zero-order valence-corrected chi connectivity index (χ0v) is 18.9. The summed E-state index contributed by atoms with van der Waals surface area (Å²) in [5, 5.41) is 0.812. The maximum absolute atomic E-state index is 12.5. The summed E-state index contributed by atoms with van der Waals surface area (Å²) in [6.45, 7) is 5.63. The fourth-order valence-electron chi connectivity index (χ4n) is 4.62. The van der Waals surface area contributed by atoms with Gasteiger partial charge in [0.05, 0.1) is 6.10 Å². The molecule has 3 aromatic rings. The van der Waals surface area contributed by atoms with Gasteiger partial charge in [-0.1, -0.05) is 49.9 Å². The molecule has 0 radical (unpaired) electrons. The summed E-state index contributed by atoms with van der Waals surface area (Å²) in [5.74, 6) is 0.723.